The highest BCUT2D eigenvalue weighted by atomic mass is 32.2. The van der Waals surface area contributed by atoms with Crippen LogP contribution in [0.15, 0.2) is 0 Å². The van der Waals surface area contributed by atoms with Crippen LogP contribution < -0.4 is 5.73 Å². The van der Waals surface area contributed by atoms with E-state index in [0.717, 1.165) is 6.26 Å². The molecular formula is C9H17NO4S. The number of ether oxygens (including phenoxy) is 1. The zero-order valence-electron chi connectivity index (χ0n) is 8.81. The zero-order valence-corrected chi connectivity index (χ0v) is 9.63. The second-order valence-corrected chi connectivity index (χ2v) is 6.25. The number of rotatable bonds is 5. The maximum absolute atomic E-state index is 11.7. The molecule has 0 spiro atoms. The molecule has 0 amide bonds. The van der Waals surface area contributed by atoms with Crippen molar-refractivity contribution in [2.75, 3.05) is 25.2 Å². The molecule has 0 aromatic carbocycles. The van der Waals surface area contributed by atoms with E-state index in [1.54, 1.807) is 0 Å². The van der Waals surface area contributed by atoms with Crippen molar-refractivity contribution in [2.45, 2.75) is 18.9 Å². The first-order valence-corrected chi connectivity index (χ1v) is 7.01. The first-order chi connectivity index (χ1) is 6.90. The molecule has 2 N–H and O–H groups in total. The predicted octanol–water partition coefficient (Wildman–Crippen LogP) is -0.646. The maximum atomic E-state index is 11.7. The average Bonchev–Trinajstić information content (AvgIpc) is 2.64. The van der Waals surface area contributed by atoms with Crippen molar-refractivity contribution in [3.63, 3.8) is 0 Å². The van der Waals surface area contributed by atoms with Crippen molar-refractivity contribution >= 4 is 15.6 Å². The molecule has 0 radical (unpaired) electrons. The third-order valence-electron chi connectivity index (χ3n) is 2.50. The summed E-state index contributed by atoms with van der Waals surface area (Å²) in [4.78, 5) is 11.7. The van der Waals surface area contributed by atoms with Gasteiger partial charge < -0.3 is 10.5 Å². The first-order valence-electron chi connectivity index (χ1n) is 4.95. The van der Waals surface area contributed by atoms with Crippen molar-refractivity contribution in [1.29, 1.82) is 0 Å². The summed E-state index contributed by atoms with van der Waals surface area (Å²) in [7, 11) is -3.04. The Balaban J connectivity index is 2.39. The number of carbonyl (C=O) groups excluding carboxylic acids is 1. The van der Waals surface area contributed by atoms with Gasteiger partial charge in [0.2, 0.25) is 0 Å². The average molecular weight is 235 g/mol. The molecule has 1 aliphatic rings. The summed E-state index contributed by atoms with van der Waals surface area (Å²) in [6.07, 6.45) is 2.04. The number of hydrogen-bond donors (Lipinski definition) is 1. The fraction of sp³-hybridized carbons (Fsp3) is 0.889. The summed E-state index contributed by atoms with van der Waals surface area (Å²) < 4.78 is 26.9. The third kappa shape index (κ3) is 4.27. The smallest absolute Gasteiger partial charge is 0.155 e. The molecule has 1 saturated heterocycles. The Kier molecular flexibility index (Phi) is 4.24. The quantitative estimate of drug-likeness (QED) is 0.684. The molecular weight excluding hydrogens is 218 g/mol. The summed E-state index contributed by atoms with van der Waals surface area (Å²) in [6.45, 7) is 1.01. The molecule has 6 heteroatoms. The molecule has 0 aliphatic carbocycles. The Hall–Kier alpha value is -0.460. The second-order valence-electron chi connectivity index (χ2n) is 3.99. The van der Waals surface area contributed by atoms with Gasteiger partial charge in [0.05, 0.1) is 18.4 Å². The molecule has 15 heavy (non-hydrogen) atoms. The molecule has 5 nitrogen and oxygen atoms in total. The van der Waals surface area contributed by atoms with Crippen molar-refractivity contribution < 1.29 is 17.9 Å². The fourth-order valence-electron chi connectivity index (χ4n) is 1.54. The Morgan fingerprint density at radius 1 is 1.60 bits per heavy atom. The SMILES string of the molecule is CS(=O)(=O)CCC(N)C(=O)C1CCOC1. The van der Waals surface area contributed by atoms with Crippen molar-refractivity contribution in [1.82, 2.24) is 0 Å². The summed E-state index contributed by atoms with van der Waals surface area (Å²) in [5, 5.41) is 0. The van der Waals surface area contributed by atoms with Crippen molar-refractivity contribution in [3.8, 4) is 0 Å². The Morgan fingerprint density at radius 2 is 2.27 bits per heavy atom. The van der Waals surface area contributed by atoms with Gasteiger partial charge in [-0.3, -0.25) is 4.79 Å². The van der Waals surface area contributed by atoms with Crippen LogP contribution in [0.5, 0.6) is 0 Å². The number of carbonyl (C=O) groups is 1. The van der Waals surface area contributed by atoms with Gasteiger partial charge in [0.15, 0.2) is 5.78 Å². The van der Waals surface area contributed by atoms with E-state index in [-0.39, 0.29) is 23.9 Å². The van der Waals surface area contributed by atoms with Gasteiger partial charge in [0, 0.05) is 18.8 Å². The van der Waals surface area contributed by atoms with Crippen LogP contribution in [-0.2, 0) is 19.4 Å². The van der Waals surface area contributed by atoms with E-state index in [0.29, 0.717) is 19.6 Å². The van der Waals surface area contributed by atoms with E-state index < -0.39 is 15.9 Å². The molecule has 0 saturated carbocycles. The minimum absolute atomic E-state index is 0.0342. The number of nitrogens with two attached hydrogens (primary N) is 1. The third-order valence-corrected chi connectivity index (χ3v) is 3.47. The molecule has 1 fully saturated rings. The first kappa shape index (κ1) is 12.6. The van der Waals surface area contributed by atoms with Crippen LogP contribution in [0.2, 0.25) is 0 Å². The molecule has 2 atom stereocenters. The van der Waals surface area contributed by atoms with E-state index in [9.17, 15) is 13.2 Å². The Labute approximate surface area is 89.9 Å². The molecule has 2 unspecified atom stereocenters. The largest absolute Gasteiger partial charge is 0.381 e. The summed E-state index contributed by atoms with van der Waals surface area (Å²) >= 11 is 0. The van der Waals surface area contributed by atoms with Crippen LogP contribution in [-0.4, -0.2) is 45.5 Å². The van der Waals surface area contributed by atoms with Crippen molar-refractivity contribution in [3.05, 3.63) is 0 Å². The normalized spacial score (nSPS) is 24.0. The van der Waals surface area contributed by atoms with Crippen LogP contribution in [0, 0.1) is 5.92 Å². The summed E-state index contributed by atoms with van der Waals surface area (Å²) in [6, 6.07) is -0.675. The van der Waals surface area contributed by atoms with Gasteiger partial charge >= 0.3 is 0 Å². The van der Waals surface area contributed by atoms with Crippen LogP contribution in [0.3, 0.4) is 0 Å². The number of sulfone groups is 1. The molecule has 1 aliphatic heterocycles. The van der Waals surface area contributed by atoms with E-state index in [1.165, 1.54) is 0 Å². The monoisotopic (exact) mass is 235 g/mol. The van der Waals surface area contributed by atoms with Crippen LogP contribution in [0.25, 0.3) is 0 Å². The Bertz CT molecular complexity index is 319. The molecule has 0 aromatic rings. The predicted molar refractivity (Wildman–Crippen MR) is 56.2 cm³/mol. The molecule has 0 aromatic heterocycles. The summed E-state index contributed by atoms with van der Waals surface area (Å²) in [5.74, 6) is -0.247. The minimum atomic E-state index is -3.04. The lowest BCUT2D eigenvalue weighted by atomic mass is 9.96. The number of ketones is 1. The number of hydrogen-bond acceptors (Lipinski definition) is 5. The fourth-order valence-corrected chi connectivity index (χ4v) is 2.23. The standard InChI is InChI=1S/C9H17NO4S/c1-15(12,13)5-3-8(10)9(11)7-2-4-14-6-7/h7-8H,2-6,10H2,1H3. The highest BCUT2D eigenvalue weighted by Crippen LogP contribution is 2.15. The lowest BCUT2D eigenvalue weighted by Crippen LogP contribution is -2.37. The lowest BCUT2D eigenvalue weighted by molar-refractivity contribution is -0.124. The van der Waals surface area contributed by atoms with Gasteiger partial charge in [-0.15, -0.1) is 0 Å². The second kappa shape index (κ2) is 5.05. The van der Waals surface area contributed by atoms with Crippen LogP contribution >= 0.6 is 0 Å². The molecule has 0 bridgehead atoms. The van der Waals surface area contributed by atoms with Gasteiger partial charge in [-0.25, -0.2) is 8.42 Å². The zero-order chi connectivity index (χ0) is 11.5. The van der Waals surface area contributed by atoms with E-state index in [2.05, 4.69) is 0 Å². The molecule has 88 valence electrons. The topological polar surface area (TPSA) is 86.5 Å². The van der Waals surface area contributed by atoms with Crippen LogP contribution in [0.4, 0.5) is 0 Å². The van der Waals surface area contributed by atoms with Gasteiger partial charge in [-0.1, -0.05) is 0 Å². The van der Waals surface area contributed by atoms with Gasteiger partial charge in [0.1, 0.15) is 9.84 Å². The summed E-state index contributed by atoms with van der Waals surface area (Å²) in [5.41, 5.74) is 5.63. The lowest BCUT2D eigenvalue weighted by Gasteiger charge is -2.13. The van der Waals surface area contributed by atoms with Gasteiger partial charge in [-0.05, 0) is 12.8 Å². The van der Waals surface area contributed by atoms with Crippen molar-refractivity contribution in [2.24, 2.45) is 11.7 Å². The van der Waals surface area contributed by atoms with Gasteiger partial charge in [0.25, 0.3) is 0 Å². The minimum Gasteiger partial charge on any atom is -0.381 e. The van der Waals surface area contributed by atoms with Gasteiger partial charge in [-0.2, -0.15) is 0 Å². The van der Waals surface area contributed by atoms with E-state index >= 15 is 0 Å². The molecule has 1 rings (SSSR count). The molecule has 1 heterocycles. The van der Waals surface area contributed by atoms with Crippen LogP contribution in [0.1, 0.15) is 12.8 Å². The van der Waals surface area contributed by atoms with E-state index in [1.807, 2.05) is 0 Å². The van der Waals surface area contributed by atoms with E-state index in [4.69, 9.17) is 10.5 Å². The highest BCUT2D eigenvalue weighted by Gasteiger charge is 2.28. The number of Topliss-reactive ketones (excluding diaryl/α,β-unsaturated/α-hetero) is 1. The Morgan fingerprint density at radius 3 is 2.73 bits per heavy atom. The maximum Gasteiger partial charge on any atom is 0.155 e. The highest BCUT2D eigenvalue weighted by molar-refractivity contribution is 7.90.